The number of hydrogen-bond donors (Lipinski definition) is 1. The van der Waals surface area contributed by atoms with E-state index in [4.69, 9.17) is 5.11 Å². The molecule has 0 bridgehead atoms. The van der Waals surface area contributed by atoms with E-state index in [2.05, 4.69) is 13.8 Å². The predicted molar refractivity (Wildman–Crippen MR) is 54.7 cm³/mol. The van der Waals surface area contributed by atoms with Crippen LogP contribution in [0.15, 0.2) is 11.1 Å². The second-order valence-electron chi connectivity index (χ2n) is 3.82. The molecule has 0 aromatic carbocycles. The third-order valence-corrected chi connectivity index (χ3v) is 2.30. The average Bonchev–Trinajstić information content (AvgIpc) is 2.04. The van der Waals surface area contributed by atoms with Crippen molar-refractivity contribution < 1.29 is 9.90 Å². The number of allylic oxidation sites excluding steroid dienone is 1. The topological polar surface area (TPSA) is 37.3 Å². The molecule has 0 rings (SSSR count). The highest BCUT2D eigenvalue weighted by atomic mass is 16.4. The Balaban J connectivity index is 4.32. The molecule has 0 aromatic rings. The molecule has 0 heterocycles. The maximum atomic E-state index is 10.7. The van der Waals surface area contributed by atoms with Crippen molar-refractivity contribution in [2.75, 3.05) is 0 Å². The van der Waals surface area contributed by atoms with Gasteiger partial charge in [0.2, 0.25) is 0 Å². The Labute approximate surface area is 80.7 Å². The van der Waals surface area contributed by atoms with Gasteiger partial charge in [-0.15, -0.1) is 0 Å². The Morgan fingerprint density at radius 2 is 1.92 bits per heavy atom. The van der Waals surface area contributed by atoms with E-state index in [-0.39, 0.29) is 0 Å². The summed E-state index contributed by atoms with van der Waals surface area (Å²) in [4.78, 5) is 10.7. The highest BCUT2D eigenvalue weighted by Gasteiger charge is 2.07. The highest BCUT2D eigenvalue weighted by Crippen LogP contribution is 2.18. The Kier molecular flexibility index (Phi) is 5.44. The van der Waals surface area contributed by atoms with Crippen LogP contribution in [0.4, 0.5) is 0 Å². The molecule has 0 unspecified atom stereocenters. The fraction of sp³-hybridized carbons (Fsp3) is 0.727. The SMILES string of the molecule is CC/C(CCC(C)C)=C(/C)C(=O)O. The fourth-order valence-corrected chi connectivity index (χ4v) is 1.24. The van der Waals surface area contributed by atoms with Crippen LogP contribution in [0, 0.1) is 5.92 Å². The maximum absolute atomic E-state index is 10.7. The van der Waals surface area contributed by atoms with Crippen LogP contribution < -0.4 is 0 Å². The molecule has 0 saturated heterocycles. The van der Waals surface area contributed by atoms with Crippen molar-refractivity contribution in [2.45, 2.75) is 47.0 Å². The van der Waals surface area contributed by atoms with Crippen LogP contribution in [-0.2, 0) is 4.79 Å². The van der Waals surface area contributed by atoms with Gasteiger partial charge in [-0.3, -0.25) is 0 Å². The first-order valence-corrected chi connectivity index (χ1v) is 4.90. The van der Waals surface area contributed by atoms with Crippen LogP contribution in [0.3, 0.4) is 0 Å². The molecular weight excluding hydrogens is 164 g/mol. The summed E-state index contributed by atoms with van der Waals surface area (Å²) in [5, 5.41) is 8.79. The van der Waals surface area contributed by atoms with Crippen LogP contribution in [0.5, 0.6) is 0 Å². The fourth-order valence-electron chi connectivity index (χ4n) is 1.24. The van der Waals surface area contributed by atoms with Gasteiger partial charge in [-0.05, 0) is 32.1 Å². The first-order valence-electron chi connectivity index (χ1n) is 4.90. The number of hydrogen-bond acceptors (Lipinski definition) is 1. The normalized spacial score (nSPS) is 13.0. The highest BCUT2D eigenvalue weighted by molar-refractivity contribution is 5.86. The van der Waals surface area contributed by atoms with Crippen LogP contribution >= 0.6 is 0 Å². The summed E-state index contributed by atoms with van der Waals surface area (Å²) in [6.45, 7) is 8.02. The number of rotatable bonds is 5. The van der Waals surface area contributed by atoms with Gasteiger partial charge in [0.15, 0.2) is 0 Å². The Morgan fingerprint density at radius 3 is 2.23 bits per heavy atom. The van der Waals surface area contributed by atoms with Crippen molar-refractivity contribution in [3.8, 4) is 0 Å². The van der Waals surface area contributed by atoms with Crippen molar-refractivity contribution in [2.24, 2.45) is 5.92 Å². The summed E-state index contributed by atoms with van der Waals surface area (Å²) in [5.41, 5.74) is 1.62. The van der Waals surface area contributed by atoms with Crippen LogP contribution in [0.25, 0.3) is 0 Å². The monoisotopic (exact) mass is 184 g/mol. The lowest BCUT2D eigenvalue weighted by Crippen LogP contribution is -2.02. The number of aliphatic carboxylic acids is 1. The summed E-state index contributed by atoms with van der Waals surface area (Å²) in [5.74, 6) is -0.135. The molecule has 0 fully saturated rings. The molecule has 0 aliphatic carbocycles. The quantitative estimate of drug-likeness (QED) is 0.666. The van der Waals surface area contributed by atoms with Gasteiger partial charge in [-0.25, -0.2) is 4.79 Å². The van der Waals surface area contributed by atoms with Crippen molar-refractivity contribution in [3.63, 3.8) is 0 Å². The van der Waals surface area contributed by atoms with E-state index in [1.165, 1.54) is 0 Å². The van der Waals surface area contributed by atoms with Gasteiger partial charge in [-0.1, -0.05) is 26.3 Å². The second kappa shape index (κ2) is 5.79. The van der Waals surface area contributed by atoms with Gasteiger partial charge in [0.1, 0.15) is 0 Å². The molecule has 0 atom stereocenters. The molecule has 0 aliphatic heterocycles. The number of carboxylic acid groups (broad SMARTS) is 1. The van der Waals surface area contributed by atoms with Crippen molar-refractivity contribution in [1.29, 1.82) is 0 Å². The molecule has 13 heavy (non-hydrogen) atoms. The van der Waals surface area contributed by atoms with Crippen LogP contribution in [0.2, 0.25) is 0 Å². The molecule has 0 aliphatic rings. The van der Waals surface area contributed by atoms with Crippen LogP contribution in [0.1, 0.15) is 47.0 Å². The molecule has 2 heteroatoms. The Hall–Kier alpha value is -0.790. The third-order valence-electron chi connectivity index (χ3n) is 2.30. The van der Waals surface area contributed by atoms with Gasteiger partial charge in [0.25, 0.3) is 0 Å². The van der Waals surface area contributed by atoms with Gasteiger partial charge >= 0.3 is 5.97 Å². The molecule has 76 valence electrons. The van der Waals surface area contributed by atoms with E-state index in [9.17, 15) is 4.79 Å². The predicted octanol–water partition coefficient (Wildman–Crippen LogP) is 3.23. The second-order valence-corrected chi connectivity index (χ2v) is 3.82. The van der Waals surface area contributed by atoms with Crippen molar-refractivity contribution in [1.82, 2.24) is 0 Å². The summed E-state index contributed by atoms with van der Waals surface area (Å²) in [7, 11) is 0. The molecule has 2 nitrogen and oxygen atoms in total. The van der Waals surface area contributed by atoms with Crippen molar-refractivity contribution in [3.05, 3.63) is 11.1 Å². The minimum absolute atomic E-state index is 0.531. The van der Waals surface area contributed by atoms with E-state index in [0.717, 1.165) is 24.8 Å². The summed E-state index contributed by atoms with van der Waals surface area (Å²) in [6.07, 6.45) is 2.85. The third kappa shape index (κ3) is 4.71. The zero-order valence-electron chi connectivity index (χ0n) is 9.05. The molecule has 1 N–H and O–H groups in total. The zero-order chi connectivity index (χ0) is 10.4. The summed E-state index contributed by atoms with van der Waals surface area (Å²) in [6, 6.07) is 0. The Bertz CT molecular complexity index is 202. The molecule has 0 aromatic heterocycles. The minimum atomic E-state index is -0.777. The molecule has 0 amide bonds. The smallest absolute Gasteiger partial charge is 0.331 e. The molecule has 0 radical (unpaired) electrons. The standard InChI is InChI=1S/C11H20O2/c1-5-10(7-6-8(2)3)9(4)11(12)13/h8H,5-7H2,1-4H3,(H,12,13)/b10-9+. The first-order chi connectivity index (χ1) is 5.99. The first kappa shape index (κ1) is 12.2. The van der Waals surface area contributed by atoms with Gasteiger partial charge in [0.05, 0.1) is 0 Å². The van der Waals surface area contributed by atoms with Gasteiger partial charge < -0.3 is 5.11 Å². The van der Waals surface area contributed by atoms with E-state index >= 15 is 0 Å². The van der Waals surface area contributed by atoms with Gasteiger partial charge in [-0.2, -0.15) is 0 Å². The largest absolute Gasteiger partial charge is 0.478 e. The lowest BCUT2D eigenvalue weighted by atomic mass is 9.97. The lowest BCUT2D eigenvalue weighted by molar-refractivity contribution is -0.132. The minimum Gasteiger partial charge on any atom is -0.478 e. The molecule has 0 spiro atoms. The summed E-state index contributed by atoms with van der Waals surface area (Å²) < 4.78 is 0. The van der Waals surface area contributed by atoms with E-state index < -0.39 is 5.97 Å². The lowest BCUT2D eigenvalue weighted by Gasteiger charge is -2.09. The average molecular weight is 184 g/mol. The number of carboxylic acids is 1. The zero-order valence-corrected chi connectivity index (χ0v) is 9.05. The summed E-state index contributed by atoms with van der Waals surface area (Å²) >= 11 is 0. The number of carbonyl (C=O) groups is 1. The molecule has 0 saturated carbocycles. The maximum Gasteiger partial charge on any atom is 0.331 e. The van der Waals surface area contributed by atoms with Crippen LogP contribution in [-0.4, -0.2) is 11.1 Å². The van der Waals surface area contributed by atoms with Gasteiger partial charge in [0, 0.05) is 5.57 Å². The van der Waals surface area contributed by atoms with Crippen molar-refractivity contribution >= 4 is 5.97 Å². The molecular formula is C11H20O2. The van der Waals surface area contributed by atoms with E-state index in [0.29, 0.717) is 11.5 Å². The Morgan fingerprint density at radius 1 is 1.38 bits per heavy atom. The van der Waals surface area contributed by atoms with E-state index in [1.54, 1.807) is 6.92 Å². The van der Waals surface area contributed by atoms with E-state index in [1.807, 2.05) is 6.92 Å².